The molecule has 6 heteroatoms. The van der Waals surface area contributed by atoms with Gasteiger partial charge in [0.1, 0.15) is 11.4 Å². The van der Waals surface area contributed by atoms with E-state index in [1.54, 1.807) is 19.2 Å². The molecule has 1 unspecified atom stereocenters. The van der Waals surface area contributed by atoms with E-state index in [0.29, 0.717) is 16.8 Å². The minimum absolute atomic E-state index is 0.0494. The number of nitrogens with two attached hydrogens (primary N) is 1. The smallest absolute Gasteiger partial charge is 0.168 e. The molecule has 4 N–H and O–H groups in total. The van der Waals surface area contributed by atoms with Crippen molar-refractivity contribution in [1.29, 1.82) is 5.41 Å². The van der Waals surface area contributed by atoms with Crippen molar-refractivity contribution < 1.29 is 13.5 Å². The molecule has 25 heavy (non-hydrogen) atoms. The number of fused-ring (bicyclic) bond motifs is 1. The van der Waals surface area contributed by atoms with Gasteiger partial charge in [-0.05, 0) is 38.1 Å². The average molecular weight is 343 g/mol. The molecular formula is C19H19F2N3O. The summed E-state index contributed by atoms with van der Waals surface area (Å²) in [4.78, 5) is 2.96. The van der Waals surface area contributed by atoms with E-state index in [9.17, 15) is 8.78 Å². The van der Waals surface area contributed by atoms with Crippen LogP contribution in [0.3, 0.4) is 0 Å². The monoisotopic (exact) mass is 343 g/mol. The van der Waals surface area contributed by atoms with Crippen LogP contribution < -0.4 is 10.5 Å². The van der Waals surface area contributed by atoms with Crippen molar-refractivity contribution in [2.75, 3.05) is 0 Å². The van der Waals surface area contributed by atoms with E-state index < -0.39 is 11.5 Å². The number of nitrogens with one attached hydrogen (secondary N) is 2. The Balaban J connectivity index is 2.00. The van der Waals surface area contributed by atoms with Gasteiger partial charge in [-0.15, -0.1) is 0 Å². The Labute approximate surface area is 144 Å². The summed E-state index contributed by atoms with van der Waals surface area (Å²) in [7, 11) is 0. The first kappa shape index (κ1) is 17.0. The van der Waals surface area contributed by atoms with E-state index in [4.69, 9.17) is 15.9 Å². The van der Waals surface area contributed by atoms with Crippen LogP contribution in [0.1, 0.15) is 18.9 Å². The molecule has 1 atom stereocenters. The van der Waals surface area contributed by atoms with Crippen molar-refractivity contribution in [3.63, 3.8) is 0 Å². The van der Waals surface area contributed by atoms with Crippen molar-refractivity contribution >= 4 is 17.1 Å². The second-order valence-corrected chi connectivity index (χ2v) is 6.21. The molecule has 1 aromatic carbocycles. The van der Waals surface area contributed by atoms with E-state index in [1.807, 2.05) is 6.07 Å². The van der Waals surface area contributed by atoms with Crippen LogP contribution in [0.15, 0.2) is 53.6 Å². The number of ether oxygens (including phenoxy) is 1. The number of aromatic amines is 1. The summed E-state index contributed by atoms with van der Waals surface area (Å²) in [5.41, 5.74) is 5.88. The Morgan fingerprint density at radius 2 is 2.24 bits per heavy atom. The van der Waals surface area contributed by atoms with Crippen LogP contribution >= 0.6 is 0 Å². The summed E-state index contributed by atoms with van der Waals surface area (Å²) in [6.07, 6.45) is 7.11. The molecule has 1 heterocycles. The number of aryl methyl sites for hydroxylation is 1. The zero-order valence-electron chi connectivity index (χ0n) is 14.0. The highest BCUT2D eigenvalue weighted by Gasteiger charge is 2.32. The van der Waals surface area contributed by atoms with E-state index in [0.717, 1.165) is 11.6 Å². The number of hydrogen-bond acceptors (Lipinski definition) is 3. The Morgan fingerprint density at radius 1 is 1.48 bits per heavy atom. The zero-order valence-corrected chi connectivity index (χ0v) is 14.0. The quantitative estimate of drug-likeness (QED) is 0.719. The minimum Gasteiger partial charge on any atom is -0.454 e. The molecule has 0 radical (unpaired) electrons. The molecule has 1 aromatic heterocycles. The van der Waals surface area contributed by atoms with Gasteiger partial charge in [0.05, 0.1) is 0 Å². The predicted octanol–water partition coefficient (Wildman–Crippen LogP) is 4.43. The Kier molecular flexibility index (Phi) is 4.20. The van der Waals surface area contributed by atoms with Crippen molar-refractivity contribution in [3.05, 3.63) is 65.0 Å². The summed E-state index contributed by atoms with van der Waals surface area (Å²) < 4.78 is 34.8. The lowest BCUT2D eigenvalue weighted by Crippen LogP contribution is -2.27. The van der Waals surface area contributed by atoms with Gasteiger partial charge in [-0.25, -0.2) is 8.78 Å². The Hall–Kier alpha value is -2.89. The molecule has 0 saturated heterocycles. The number of halogens is 2. The van der Waals surface area contributed by atoms with Gasteiger partial charge in [-0.1, -0.05) is 0 Å². The molecule has 0 aliphatic heterocycles. The maximum Gasteiger partial charge on any atom is 0.168 e. The van der Waals surface area contributed by atoms with Crippen LogP contribution in [0.25, 0.3) is 10.9 Å². The van der Waals surface area contributed by atoms with Gasteiger partial charge in [0.25, 0.3) is 0 Å². The first-order chi connectivity index (χ1) is 11.8. The van der Waals surface area contributed by atoms with Gasteiger partial charge in [0.15, 0.2) is 11.6 Å². The molecule has 3 rings (SSSR count). The summed E-state index contributed by atoms with van der Waals surface area (Å²) in [5, 5.41) is 7.96. The molecule has 0 saturated carbocycles. The number of hydrogen-bond donors (Lipinski definition) is 3. The molecule has 2 aromatic rings. The lowest BCUT2D eigenvalue weighted by atomic mass is 9.87. The molecule has 1 aliphatic carbocycles. The maximum absolute atomic E-state index is 14.7. The second-order valence-electron chi connectivity index (χ2n) is 6.21. The molecule has 130 valence electrons. The normalized spacial score (nSPS) is 21.0. The van der Waals surface area contributed by atoms with E-state index >= 15 is 0 Å². The third-order valence-electron chi connectivity index (χ3n) is 4.34. The third kappa shape index (κ3) is 3.07. The van der Waals surface area contributed by atoms with Crippen LogP contribution in [-0.2, 0) is 0 Å². The highest BCUT2D eigenvalue weighted by Crippen LogP contribution is 2.37. The van der Waals surface area contributed by atoms with Crippen molar-refractivity contribution in [1.82, 2.24) is 4.98 Å². The van der Waals surface area contributed by atoms with Crippen LogP contribution in [-0.4, -0.2) is 16.9 Å². The van der Waals surface area contributed by atoms with Gasteiger partial charge < -0.3 is 20.9 Å². The third-order valence-corrected chi connectivity index (χ3v) is 4.34. The Bertz CT molecular complexity index is 936. The summed E-state index contributed by atoms with van der Waals surface area (Å²) in [6.45, 7) is 3.18. The number of aromatic nitrogens is 1. The topological polar surface area (TPSA) is 74.9 Å². The van der Waals surface area contributed by atoms with Gasteiger partial charge in [-0.2, -0.15) is 0 Å². The van der Waals surface area contributed by atoms with Crippen molar-refractivity contribution in [3.8, 4) is 5.75 Å². The fraction of sp³-hybridized carbons (Fsp3) is 0.211. The first-order valence-corrected chi connectivity index (χ1v) is 7.85. The van der Waals surface area contributed by atoms with Crippen LogP contribution in [0.5, 0.6) is 5.75 Å². The molecule has 1 aliphatic rings. The van der Waals surface area contributed by atoms with Crippen molar-refractivity contribution in [2.24, 2.45) is 5.73 Å². The summed E-state index contributed by atoms with van der Waals surface area (Å²) in [6, 6.07) is 3.21. The summed E-state index contributed by atoms with van der Waals surface area (Å²) in [5.74, 6) is -0.0748. The molecule has 0 spiro atoms. The SMILES string of the molecule is Cc1c(OC2=CCC(C)(F)C(/C(N)=C/C=N)=C2)c(F)cc2[nH]ccc12. The molecule has 4 nitrogen and oxygen atoms in total. The standard InChI is InChI=1S/C19H19F2N3O/c1-11-13-5-8-24-17(13)10-15(20)18(11)25-12-3-6-19(2,21)14(9-12)16(23)4-7-22/h3-5,7-10,22,24H,6,23H2,1-2H3/b16-4-,22-7?. The number of alkyl halides is 1. The fourth-order valence-electron chi connectivity index (χ4n) is 2.95. The van der Waals surface area contributed by atoms with Gasteiger partial charge in [0.2, 0.25) is 0 Å². The average Bonchev–Trinajstić information content (AvgIpc) is 3.01. The predicted molar refractivity (Wildman–Crippen MR) is 95.0 cm³/mol. The van der Waals surface area contributed by atoms with E-state index in [2.05, 4.69) is 4.98 Å². The molecule has 0 fully saturated rings. The lowest BCUT2D eigenvalue weighted by molar-refractivity contribution is 0.238. The Morgan fingerprint density at radius 3 is 2.96 bits per heavy atom. The number of benzene rings is 1. The minimum atomic E-state index is -1.67. The van der Waals surface area contributed by atoms with Crippen LogP contribution in [0.4, 0.5) is 8.78 Å². The number of H-pyrrole nitrogens is 1. The second kappa shape index (κ2) is 6.20. The maximum atomic E-state index is 14.7. The largest absolute Gasteiger partial charge is 0.454 e. The zero-order chi connectivity index (χ0) is 18.2. The van der Waals surface area contributed by atoms with Gasteiger partial charge >= 0.3 is 0 Å². The van der Waals surface area contributed by atoms with Gasteiger partial charge in [0, 0.05) is 52.6 Å². The summed E-state index contributed by atoms with van der Waals surface area (Å²) >= 11 is 0. The van der Waals surface area contributed by atoms with Crippen LogP contribution in [0.2, 0.25) is 0 Å². The van der Waals surface area contributed by atoms with Gasteiger partial charge in [-0.3, -0.25) is 0 Å². The highest BCUT2D eigenvalue weighted by atomic mass is 19.1. The molecule has 0 bridgehead atoms. The number of allylic oxidation sites excluding steroid dienone is 4. The fourth-order valence-corrected chi connectivity index (χ4v) is 2.95. The number of rotatable bonds is 4. The van der Waals surface area contributed by atoms with E-state index in [1.165, 1.54) is 25.1 Å². The highest BCUT2D eigenvalue weighted by molar-refractivity contribution is 5.85. The van der Waals surface area contributed by atoms with Crippen molar-refractivity contribution in [2.45, 2.75) is 25.9 Å². The lowest BCUT2D eigenvalue weighted by Gasteiger charge is -2.27. The first-order valence-electron chi connectivity index (χ1n) is 7.85. The molecule has 0 amide bonds. The molecular weight excluding hydrogens is 324 g/mol. The van der Waals surface area contributed by atoms with E-state index in [-0.39, 0.29) is 23.4 Å². The van der Waals surface area contributed by atoms with Crippen LogP contribution in [0, 0.1) is 18.2 Å².